The van der Waals surface area contributed by atoms with Crippen LogP contribution in [-0.4, -0.2) is 19.9 Å². The Morgan fingerprint density at radius 1 is 1.07 bits per heavy atom. The fraction of sp³-hybridized carbons (Fsp3) is 0.100. The normalized spacial score (nSPS) is 10.9. The molecule has 3 aromatic heterocycles. The molecule has 0 saturated carbocycles. The number of benzene rings is 1. The van der Waals surface area contributed by atoms with Crippen LogP contribution in [0.4, 0.5) is 0 Å². The Hall–Kier alpha value is -3.52. The van der Waals surface area contributed by atoms with Crippen LogP contribution in [0.15, 0.2) is 75.9 Å². The minimum Gasteiger partial charge on any atom is -0.456 e. The average Bonchev–Trinajstić information content (AvgIpc) is 3.18. The number of esters is 1. The van der Waals surface area contributed by atoms with E-state index in [9.17, 15) is 14.4 Å². The predicted molar refractivity (Wildman–Crippen MR) is 105 cm³/mol. The van der Waals surface area contributed by atoms with Gasteiger partial charge in [0.05, 0.1) is 17.8 Å². The third kappa shape index (κ3) is 3.77. The highest BCUT2D eigenvalue weighted by Gasteiger charge is 2.11. The van der Waals surface area contributed by atoms with Crippen molar-refractivity contribution in [3.63, 3.8) is 0 Å². The zero-order valence-electron chi connectivity index (χ0n) is 14.6. The third-order valence-corrected chi connectivity index (χ3v) is 4.88. The zero-order chi connectivity index (χ0) is 19.5. The van der Waals surface area contributed by atoms with Gasteiger partial charge in [0.1, 0.15) is 6.61 Å². The van der Waals surface area contributed by atoms with E-state index in [1.165, 1.54) is 44.7 Å². The molecule has 3 heterocycles. The maximum atomic E-state index is 12.4. The van der Waals surface area contributed by atoms with Crippen LogP contribution in [0.2, 0.25) is 0 Å². The fourth-order valence-corrected chi connectivity index (χ4v) is 3.48. The number of hydrogen-bond donors (Lipinski definition) is 0. The maximum absolute atomic E-state index is 12.4. The molecule has 0 unspecified atom stereocenters. The number of hydrogen-bond acceptors (Lipinski definition) is 6. The first-order valence-electron chi connectivity index (χ1n) is 8.47. The van der Waals surface area contributed by atoms with Crippen LogP contribution < -0.4 is 11.1 Å². The van der Waals surface area contributed by atoms with Gasteiger partial charge >= 0.3 is 5.97 Å². The molecule has 0 spiro atoms. The van der Waals surface area contributed by atoms with Crippen LogP contribution in [-0.2, 0) is 17.9 Å². The van der Waals surface area contributed by atoms with Gasteiger partial charge in [0.25, 0.3) is 11.1 Å². The molecule has 0 saturated heterocycles. The van der Waals surface area contributed by atoms with E-state index in [4.69, 9.17) is 4.74 Å². The van der Waals surface area contributed by atoms with Crippen molar-refractivity contribution in [1.29, 1.82) is 0 Å². The zero-order valence-corrected chi connectivity index (χ0v) is 15.5. The summed E-state index contributed by atoms with van der Waals surface area (Å²) in [5.74, 6) is -0.588. The van der Waals surface area contributed by atoms with Crippen molar-refractivity contribution >= 4 is 22.3 Å². The molecule has 7 nitrogen and oxygen atoms in total. The molecule has 4 aromatic rings. The van der Waals surface area contributed by atoms with Crippen molar-refractivity contribution in [2.45, 2.75) is 13.2 Å². The Morgan fingerprint density at radius 2 is 1.89 bits per heavy atom. The third-order valence-electron chi connectivity index (χ3n) is 4.12. The molecule has 0 amide bonds. The van der Waals surface area contributed by atoms with Gasteiger partial charge < -0.3 is 9.30 Å². The molecule has 0 aliphatic rings. The SMILES string of the molecule is O=C(OCc1cc(=O)n2ccsc2n1)c1ccc(=O)n(Cc2ccccc2)c1. The number of fused-ring (bicyclic) bond motifs is 1. The summed E-state index contributed by atoms with van der Waals surface area (Å²) in [6, 6.07) is 13.6. The lowest BCUT2D eigenvalue weighted by Gasteiger charge is -2.09. The molecule has 0 aliphatic heterocycles. The van der Waals surface area contributed by atoms with E-state index in [-0.39, 0.29) is 23.3 Å². The van der Waals surface area contributed by atoms with E-state index >= 15 is 0 Å². The Kier molecular flexibility index (Phi) is 4.86. The summed E-state index contributed by atoms with van der Waals surface area (Å²) in [6.07, 6.45) is 3.11. The molecule has 1 aromatic carbocycles. The summed E-state index contributed by atoms with van der Waals surface area (Å²) >= 11 is 1.32. The van der Waals surface area contributed by atoms with E-state index in [1.54, 1.807) is 11.6 Å². The summed E-state index contributed by atoms with van der Waals surface area (Å²) in [7, 11) is 0. The second-order valence-corrected chi connectivity index (χ2v) is 6.96. The van der Waals surface area contributed by atoms with Crippen molar-refractivity contribution in [2.24, 2.45) is 0 Å². The highest BCUT2D eigenvalue weighted by molar-refractivity contribution is 7.15. The van der Waals surface area contributed by atoms with Crippen molar-refractivity contribution < 1.29 is 9.53 Å². The lowest BCUT2D eigenvalue weighted by Crippen LogP contribution is -2.21. The molecule has 0 atom stereocenters. The quantitative estimate of drug-likeness (QED) is 0.486. The summed E-state index contributed by atoms with van der Waals surface area (Å²) < 4.78 is 8.16. The van der Waals surface area contributed by atoms with Crippen LogP contribution in [0.1, 0.15) is 21.6 Å². The van der Waals surface area contributed by atoms with Gasteiger partial charge in [-0.15, -0.1) is 11.3 Å². The molecular formula is C20H15N3O4S. The molecule has 0 fully saturated rings. The van der Waals surface area contributed by atoms with Gasteiger partial charge in [-0.1, -0.05) is 30.3 Å². The van der Waals surface area contributed by atoms with Gasteiger partial charge in [-0.25, -0.2) is 9.78 Å². The molecule has 0 aliphatic carbocycles. The number of aromatic nitrogens is 3. The van der Waals surface area contributed by atoms with Crippen LogP contribution in [0.25, 0.3) is 4.96 Å². The van der Waals surface area contributed by atoms with Gasteiger partial charge in [0, 0.05) is 29.9 Å². The number of carbonyl (C=O) groups is 1. The fourth-order valence-electron chi connectivity index (χ4n) is 2.74. The number of carbonyl (C=O) groups excluding carboxylic acids is 1. The van der Waals surface area contributed by atoms with Crippen LogP contribution >= 0.6 is 11.3 Å². The van der Waals surface area contributed by atoms with Gasteiger partial charge in [-0.3, -0.25) is 14.0 Å². The van der Waals surface area contributed by atoms with Gasteiger partial charge in [-0.2, -0.15) is 0 Å². The minimum atomic E-state index is -0.588. The molecule has 0 N–H and O–H groups in total. The van der Waals surface area contributed by atoms with Crippen molar-refractivity contribution in [1.82, 2.24) is 14.0 Å². The summed E-state index contributed by atoms with van der Waals surface area (Å²) in [6.45, 7) is 0.231. The number of ether oxygens (including phenoxy) is 1. The highest BCUT2D eigenvalue weighted by atomic mass is 32.1. The second-order valence-electron chi connectivity index (χ2n) is 6.09. The summed E-state index contributed by atoms with van der Waals surface area (Å²) in [4.78, 5) is 41.3. The Labute approximate surface area is 163 Å². The standard InChI is InChI=1S/C20H15N3O4S/c24-17-7-6-15(12-22(17)11-14-4-2-1-3-5-14)19(26)27-13-16-10-18(25)23-8-9-28-20(23)21-16/h1-10,12H,11,13H2. The summed E-state index contributed by atoms with van der Waals surface area (Å²) in [5.41, 5.74) is 1.14. The van der Waals surface area contributed by atoms with E-state index in [2.05, 4.69) is 4.98 Å². The van der Waals surface area contributed by atoms with Crippen molar-refractivity contribution in [2.75, 3.05) is 0 Å². The monoisotopic (exact) mass is 393 g/mol. The lowest BCUT2D eigenvalue weighted by atomic mass is 10.2. The number of thiazole rings is 1. The molecular weight excluding hydrogens is 378 g/mol. The van der Waals surface area contributed by atoms with Crippen molar-refractivity contribution in [3.8, 4) is 0 Å². The molecule has 28 heavy (non-hydrogen) atoms. The number of pyridine rings is 1. The van der Waals surface area contributed by atoms with Gasteiger partial charge in [0.2, 0.25) is 0 Å². The molecule has 140 valence electrons. The molecule has 4 rings (SSSR count). The topological polar surface area (TPSA) is 82.7 Å². The second kappa shape index (κ2) is 7.61. The Balaban J connectivity index is 1.50. The van der Waals surface area contributed by atoms with Gasteiger partial charge in [0.15, 0.2) is 4.96 Å². The van der Waals surface area contributed by atoms with Crippen LogP contribution in [0, 0.1) is 0 Å². The maximum Gasteiger partial charge on any atom is 0.340 e. The first-order valence-corrected chi connectivity index (χ1v) is 9.35. The number of rotatable bonds is 5. The Bertz CT molecular complexity index is 1260. The van der Waals surface area contributed by atoms with Crippen molar-refractivity contribution in [3.05, 3.63) is 104 Å². The average molecular weight is 393 g/mol. The highest BCUT2D eigenvalue weighted by Crippen LogP contribution is 2.09. The van der Waals surface area contributed by atoms with E-state index < -0.39 is 5.97 Å². The summed E-state index contributed by atoms with van der Waals surface area (Å²) in [5, 5.41) is 1.76. The van der Waals surface area contributed by atoms with Crippen LogP contribution in [0.3, 0.4) is 0 Å². The first-order chi connectivity index (χ1) is 13.6. The molecule has 0 radical (unpaired) electrons. The van der Waals surface area contributed by atoms with Crippen LogP contribution in [0.5, 0.6) is 0 Å². The van der Waals surface area contributed by atoms with Gasteiger partial charge in [-0.05, 0) is 11.6 Å². The predicted octanol–water partition coefficient (Wildman–Crippen LogP) is 2.32. The molecule has 8 heteroatoms. The smallest absolute Gasteiger partial charge is 0.340 e. The van der Waals surface area contributed by atoms with E-state index in [0.717, 1.165) is 5.56 Å². The first kappa shape index (κ1) is 17.9. The minimum absolute atomic E-state index is 0.125. The van der Waals surface area contributed by atoms with E-state index in [0.29, 0.717) is 17.2 Å². The molecule has 0 bridgehead atoms. The van der Waals surface area contributed by atoms with E-state index in [1.807, 2.05) is 30.3 Å². The number of nitrogens with zero attached hydrogens (tertiary/aromatic N) is 3. The Morgan fingerprint density at radius 3 is 2.71 bits per heavy atom. The lowest BCUT2D eigenvalue weighted by molar-refractivity contribution is 0.0466. The largest absolute Gasteiger partial charge is 0.456 e.